The van der Waals surface area contributed by atoms with Crippen LogP contribution in [0.1, 0.15) is 22.7 Å². The molecular weight excluding hydrogens is 232 g/mol. The van der Waals surface area contributed by atoms with Gasteiger partial charge in [-0.15, -0.1) is 0 Å². The minimum absolute atomic E-state index is 0.237. The van der Waals surface area contributed by atoms with Crippen LogP contribution >= 0.6 is 11.6 Å². The lowest BCUT2D eigenvalue weighted by Gasteiger charge is -2.27. The van der Waals surface area contributed by atoms with Crippen LogP contribution in [-0.4, -0.2) is 11.5 Å². The smallest absolute Gasteiger partial charge is 0.0581 e. The Labute approximate surface area is 106 Å². The molecule has 3 rings (SSSR count). The van der Waals surface area contributed by atoms with Crippen LogP contribution in [0.4, 0.5) is 0 Å². The summed E-state index contributed by atoms with van der Waals surface area (Å²) in [5.41, 5.74) is 3.80. The molecule has 1 aromatic carbocycles. The average molecular weight is 245 g/mol. The van der Waals surface area contributed by atoms with Crippen LogP contribution in [0.3, 0.4) is 0 Å². The predicted molar refractivity (Wildman–Crippen MR) is 69.2 cm³/mol. The largest absolute Gasteiger partial charge is 0.306 e. The molecule has 1 aromatic heterocycles. The van der Waals surface area contributed by atoms with Gasteiger partial charge in [0.25, 0.3) is 0 Å². The molecule has 1 N–H and O–H groups in total. The molecule has 2 heterocycles. The number of pyridine rings is 1. The average Bonchev–Trinajstić information content (AvgIpc) is 2.40. The molecule has 86 valence electrons. The topological polar surface area (TPSA) is 24.9 Å². The van der Waals surface area contributed by atoms with Crippen molar-refractivity contribution in [3.05, 3.63) is 64.4 Å². The molecule has 1 aliphatic rings. The van der Waals surface area contributed by atoms with E-state index in [-0.39, 0.29) is 6.04 Å². The molecule has 0 saturated carbocycles. The standard InChI is InChI=1S/C14H13ClN2/c15-13-3-1-2-12-11(13)6-9-17-14(12)10-4-7-16-8-5-10/h1-5,7-8,14,17H,6,9H2. The van der Waals surface area contributed by atoms with E-state index in [1.165, 1.54) is 16.7 Å². The minimum atomic E-state index is 0.237. The molecule has 1 aliphatic heterocycles. The number of nitrogens with zero attached hydrogens (tertiary/aromatic N) is 1. The van der Waals surface area contributed by atoms with E-state index in [1.54, 1.807) is 0 Å². The molecule has 17 heavy (non-hydrogen) atoms. The van der Waals surface area contributed by atoms with Gasteiger partial charge in [-0.05, 0) is 41.3 Å². The van der Waals surface area contributed by atoms with Crippen LogP contribution in [0, 0.1) is 0 Å². The van der Waals surface area contributed by atoms with Crippen molar-refractivity contribution in [1.82, 2.24) is 10.3 Å². The quantitative estimate of drug-likeness (QED) is 0.834. The van der Waals surface area contributed by atoms with Crippen molar-refractivity contribution in [3.8, 4) is 0 Å². The predicted octanol–water partition coefficient (Wildman–Crippen LogP) is 2.97. The second kappa shape index (κ2) is 4.47. The Hall–Kier alpha value is -1.38. The lowest BCUT2D eigenvalue weighted by molar-refractivity contribution is 0.567. The number of hydrogen-bond donors (Lipinski definition) is 1. The van der Waals surface area contributed by atoms with Gasteiger partial charge in [0, 0.05) is 24.0 Å². The summed E-state index contributed by atoms with van der Waals surface area (Å²) in [6, 6.07) is 10.5. The van der Waals surface area contributed by atoms with Crippen molar-refractivity contribution in [2.45, 2.75) is 12.5 Å². The summed E-state index contributed by atoms with van der Waals surface area (Å²) >= 11 is 6.25. The van der Waals surface area contributed by atoms with Gasteiger partial charge in [0.05, 0.1) is 6.04 Å². The van der Waals surface area contributed by atoms with Gasteiger partial charge in [-0.2, -0.15) is 0 Å². The highest BCUT2D eigenvalue weighted by Gasteiger charge is 2.22. The zero-order chi connectivity index (χ0) is 11.7. The van der Waals surface area contributed by atoms with Crippen molar-refractivity contribution in [1.29, 1.82) is 0 Å². The highest BCUT2D eigenvalue weighted by Crippen LogP contribution is 2.32. The molecule has 0 bridgehead atoms. The summed E-state index contributed by atoms with van der Waals surface area (Å²) in [4.78, 5) is 4.06. The maximum Gasteiger partial charge on any atom is 0.0581 e. The monoisotopic (exact) mass is 244 g/mol. The van der Waals surface area contributed by atoms with E-state index in [1.807, 2.05) is 36.7 Å². The summed E-state index contributed by atoms with van der Waals surface area (Å²) in [6.45, 7) is 0.962. The first-order valence-corrected chi connectivity index (χ1v) is 6.14. The first-order valence-electron chi connectivity index (χ1n) is 5.77. The van der Waals surface area contributed by atoms with Crippen molar-refractivity contribution >= 4 is 11.6 Å². The summed E-state index contributed by atoms with van der Waals surface area (Å²) in [5, 5.41) is 4.41. The molecule has 2 aromatic rings. The fourth-order valence-electron chi connectivity index (χ4n) is 2.41. The Morgan fingerprint density at radius 3 is 2.82 bits per heavy atom. The van der Waals surface area contributed by atoms with Crippen molar-refractivity contribution in [2.75, 3.05) is 6.54 Å². The second-order valence-electron chi connectivity index (χ2n) is 4.23. The third-order valence-electron chi connectivity index (χ3n) is 3.23. The minimum Gasteiger partial charge on any atom is -0.306 e. The molecule has 0 saturated heterocycles. The lowest BCUT2D eigenvalue weighted by Crippen LogP contribution is -2.30. The maximum atomic E-state index is 6.25. The van der Waals surface area contributed by atoms with Crippen LogP contribution in [0.15, 0.2) is 42.7 Å². The third-order valence-corrected chi connectivity index (χ3v) is 3.58. The Balaban J connectivity index is 2.09. The molecule has 1 atom stereocenters. The Bertz CT molecular complexity index is 525. The number of fused-ring (bicyclic) bond motifs is 1. The zero-order valence-corrected chi connectivity index (χ0v) is 10.1. The van der Waals surface area contributed by atoms with Crippen LogP contribution in [0.5, 0.6) is 0 Å². The zero-order valence-electron chi connectivity index (χ0n) is 9.36. The Kier molecular flexibility index (Phi) is 2.83. The van der Waals surface area contributed by atoms with Crippen LogP contribution < -0.4 is 5.32 Å². The summed E-state index contributed by atoms with van der Waals surface area (Å²) in [7, 11) is 0. The van der Waals surface area contributed by atoms with Crippen molar-refractivity contribution in [3.63, 3.8) is 0 Å². The second-order valence-corrected chi connectivity index (χ2v) is 4.63. The van der Waals surface area contributed by atoms with Crippen LogP contribution in [0.25, 0.3) is 0 Å². The first-order chi connectivity index (χ1) is 8.36. The fraction of sp³-hybridized carbons (Fsp3) is 0.214. The lowest BCUT2D eigenvalue weighted by atomic mass is 9.90. The molecule has 0 spiro atoms. The SMILES string of the molecule is Clc1cccc2c1CCNC2c1ccncc1. The maximum absolute atomic E-state index is 6.25. The van der Waals surface area contributed by atoms with Gasteiger partial charge < -0.3 is 5.32 Å². The molecule has 0 radical (unpaired) electrons. The Morgan fingerprint density at radius 1 is 1.18 bits per heavy atom. The van der Waals surface area contributed by atoms with E-state index in [0.29, 0.717) is 0 Å². The van der Waals surface area contributed by atoms with Crippen molar-refractivity contribution in [2.24, 2.45) is 0 Å². The van der Waals surface area contributed by atoms with Gasteiger partial charge in [-0.3, -0.25) is 4.98 Å². The first kappa shape index (κ1) is 10.8. The molecule has 0 fully saturated rings. The van der Waals surface area contributed by atoms with E-state index < -0.39 is 0 Å². The summed E-state index contributed by atoms with van der Waals surface area (Å²) in [6.07, 6.45) is 4.66. The summed E-state index contributed by atoms with van der Waals surface area (Å²) < 4.78 is 0. The Morgan fingerprint density at radius 2 is 2.00 bits per heavy atom. The highest BCUT2D eigenvalue weighted by atomic mass is 35.5. The van der Waals surface area contributed by atoms with Gasteiger partial charge in [0.15, 0.2) is 0 Å². The highest BCUT2D eigenvalue weighted by molar-refractivity contribution is 6.31. The van der Waals surface area contributed by atoms with E-state index in [2.05, 4.69) is 16.4 Å². The van der Waals surface area contributed by atoms with E-state index in [4.69, 9.17) is 11.6 Å². The molecule has 1 unspecified atom stereocenters. The van der Waals surface area contributed by atoms with E-state index in [9.17, 15) is 0 Å². The molecular formula is C14H13ClN2. The van der Waals surface area contributed by atoms with Crippen LogP contribution in [-0.2, 0) is 6.42 Å². The van der Waals surface area contributed by atoms with Crippen LogP contribution in [0.2, 0.25) is 5.02 Å². The normalized spacial score (nSPS) is 18.8. The number of hydrogen-bond acceptors (Lipinski definition) is 2. The molecule has 3 heteroatoms. The fourth-order valence-corrected chi connectivity index (χ4v) is 2.69. The number of aromatic nitrogens is 1. The molecule has 0 amide bonds. The number of halogens is 1. The third kappa shape index (κ3) is 1.94. The van der Waals surface area contributed by atoms with Gasteiger partial charge in [0.2, 0.25) is 0 Å². The molecule has 0 aliphatic carbocycles. The number of rotatable bonds is 1. The van der Waals surface area contributed by atoms with Gasteiger partial charge in [-0.25, -0.2) is 0 Å². The summed E-state index contributed by atoms with van der Waals surface area (Å²) in [5.74, 6) is 0. The van der Waals surface area contributed by atoms with Gasteiger partial charge in [-0.1, -0.05) is 23.7 Å². The number of benzene rings is 1. The van der Waals surface area contributed by atoms with Crippen molar-refractivity contribution < 1.29 is 0 Å². The van der Waals surface area contributed by atoms with E-state index in [0.717, 1.165) is 18.0 Å². The molecule has 2 nitrogen and oxygen atoms in total. The van der Waals surface area contributed by atoms with Gasteiger partial charge >= 0.3 is 0 Å². The number of nitrogens with one attached hydrogen (secondary N) is 1. The van der Waals surface area contributed by atoms with E-state index >= 15 is 0 Å². The van der Waals surface area contributed by atoms with Gasteiger partial charge in [0.1, 0.15) is 0 Å².